The standard InChI is InChI=1S/C17H9ClN2OS/c18-13-5-3-4-11(9-13)8-12(10-19)17-20-16(21)14-6-1-2-7-15(14)22-17/h1-9H. The van der Waals surface area contributed by atoms with E-state index in [0.29, 0.717) is 21.0 Å². The minimum absolute atomic E-state index is 0.323. The molecule has 5 heteroatoms. The van der Waals surface area contributed by atoms with E-state index in [0.717, 1.165) is 10.3 Å². The Bertz CT molecular complexity index is 986. The first-order valence-electron chi connectivity index (χ1n) is 6.45. The fourth-order valence-corrected chi connectivity index (χ4v) is 3.19. The number of hydrogen-bond acceptors (Lipinski definition) is 4. The molecule has 0 radical (unpaired) electrons. The zero-order valence-corrected chi connectivity index (χ0v) is 12.9. The highest BCUT2D eigenvalue weighted by Gasteiger charge is 2.09. The highest BCUT2D eigenvalue weighted by Crippen LogP contribution is 2.24. The van der Waals surface area contributed by atoms with E-state index >= 15 is 0 Å². The number of hydrogen-bond donors (Lipinski definition) is 0. The molecule has 0 aliphatic rings. The Balaban J connectivity index is 2.16. The van der Waals surface area contributed by atoms with E-state index in [-0.39, 0.29) is 5.56 Å². The summed E-state index contributed by atoms with van der Waals surface area (Å²) in [5, 5.41) is 10.9. The molecule has 0 aliphatic carbocycles. The van der Waals surface area contributed by atoms with Crippen LogP contribution in [0, 0.1) is 11.3 Å². The Labute approximate surface area is 135 Å². The summed E-state index contributed by atoms with van der Waals surface area (Å²) >= 11 is 7.27. The van der Waals surface area contributed by atoms with Crippen molar-refractivity contribution in [3.05, 3.63) is 74.5 Å². The highest BCUT2D eigenvalue weighted by atomic mass is 35.5. The molecular weight excluding hydrogens is 316 g/mol. The zero-order valence-electron chi connectivity index (χ0n) is 11.3. The predicted octanol–water partition coefficient (Wildman–Crippen LogP) is 4.37. The third kappa shape index (κ3) is 2.91. The van der Waals surface area contributed by atoms with Crippen LogP contribution in [0.1, 0.15) is 10.6 Å². The van der Waals surface area contributed by atoms with E-state index in [2.05, 4.69) is 11.1 Å². The van der Waals surface area contributed by atoms with Crippen LogP contribution in [-0.2, 0) is 0 Å². The number of nitriles is 1. The van der Waals surface area contributed by atoms with E-state index < -0.39 is 0 Å². The van der Waals surface area contributed by atoms with Crippen molar-refractivity contribution in [2.24, 2.45) is 0 Å². The van der Waals surface area contributed by atoms with Crippen LogP contribution in [0.4, 0.5) is 0 Å². The fraction of sp³-hybridized carbons (Fsp3) is 0. The molecule has 0 atom stereocenters. The van der Waals surface area contributed by atoms with Crippen LogP contribution in [0.3, 0.4) is 0 Å². The molecule has 0 amide bonds. The van der Waals surface area contributed by atoms with Gasteiger partial charge in [-0.2, -0.15) is 10.2 Å². The third-order valence-corrected chi connectivity index (χ3v) is 4.35. The number of fused-ring (bicyclic) bond motifs is 1. The van der Waals surface area contributed by atoms with Crippen molar-refractivity contribution in [1.29, 1.82) is 5.26 Å². The van der Waals surface area contributed by atoms with Gasteiger partial charge < -0.3 is 0 Å². The lowest BCUT2D eigenvalue weighted by Crippen LogP contribution is -2.07. The maximum Gasteiger partial charge on any atom is 0.279 e. The quantitative estimate of drug-likeness (QED) is 0.657. The summed E-state index contributed by atoms with van der Waals surface area (Å²) < 4.78 is 0.810. The molecule has 0 saturated carbocycles. The SMILES string of the molecule is N#CC(=Cc1cccc(Cl)c1)c1nc(=O)c2ccccc2s1. The molecule has 0 N–H and O–H groups in total. The Morgan fingerprint density at radius 2 is 2.05 bits per heavy atom. The maximum atomic E-state index is 12.1. The molecular formula is C17H9ClN2OS. The first-order chi connectivity index (χ1) is 10.7. The summed E-state index contributed by atoms with van der Waals surface area (Å²) in [6.45, 7) is 0. The van der Waals surface area contributed by atoms with Crippen LogP contribution in [0.2, 0.25) is 5.02 Å². The monoisotopic (exact) mass is 324 g/mol. The average Bonchev–Trinajstić information content (AvgIpc) is 2.52. The number of rotatable bonds is 2. The van der Waals surface area contributed by atoms with Gasteiger partial charge in [-0.3, -0.25) is 4.79 Å². The van der Waals surface area contributed by atoms with E-state index in [1.165, 1.54) is 11.3 Å². The van der Waals surface area contributed by atoms with Gasteiger partial charge in [0, 0.05) is 9.72 Å². The normalized spacial score (nSPS) is 11.4. The molecule has 0 bridgehead atoms. The van der Waals surface area contributed by atoms with E-state index in [9.17, 15) is 10.1 Å². The summed E-state index contributed by atoms with van der Waals surface area (Å²) in [4.78, 5) is 16.1. The van der Waals surface area contributed by atoms with Crippen molar-refractivity contribution in [1.82, 2.24) is 4.98 Å². The molecule has 0 spiro atoms. The summed E-state index contributed by atoms with van der Waals surface area (Å²) in [7, 11) is 0. The van der Waals surface area contributed by atoms with Crippen molar-refractivity contribution in [3.63, 3.8) is 0 Å². The van der Waals surface area contributed by atoms with Crippen molar-refractivity contribution < 1.29 is 0 Å². The number of aromatic nitrogens is 1. The first kappa shape index (κ1) is 14.5. The number of halogens is 1. The molecule has 3 rings (SSSR count). The second-order valence-electron chi connectivity index (χ2n) is 4.55. The smallest absolute Gasteiger partial charge is 0.267 e. The maximum absolute atomic E-state index is 12.1. The molecule has 3 nitrogen and oxygen atoms in total. The van der Waals surface area contributed by atoms with E-state index in [1.807, 2.05) is 18.2 Å². The Hall–Kier alpha value is -2.48. The lowest BCUT2D eigenvalue weighted by Gasteiger charge is -2.01. The summed E-state index contributed by atoms with van der Waals surface area (Å²) in [5.41, 5.74) is 0.811. The molecule has 0 fully saturated rings. The van der Waals surface area contributed by atoms with Gasteiger partial charge in [0.15, 0.2) is 0 Å². The van der Waals surface area contributed by atoms with E-state index in [1.54, 1.807) is 36.4 Å². The third-order valence-electron chi connectivity index (χ3n) is 3.04. The van der Waals surface area contributed by atoms with Gasteiger partial charge in [0.05, 0.1) is 11.0 Å². The second kappa shape index (κ2) is 6.10. The molecule has 0 aliphatic heterocycles. The molecule has 106 valence electrons. The largest absolute Gasteiger partial charge is 0.279 e. The Morgan fingerprint density at radius 1 is 1.23 bits per heavy atom. The summed E-state index contributed by atoms with van der Waals surface area (Å²) in [5.74, 6) is 0. The summed E-state index contributed by atoms with van der Waals surface area (Å²) in [6.07, 6.45) is 1.68. The van der Waals surface area contributed by atoms with Crippen molar-refractivity contribution in [2.75, 3.05) is 0 Å². The Kier molecular flexibility index (Phi) is 4.01. The molecule has 3 aromatic rings. The fourth-order valence-electron chi connectivity index (χ4n) is 2.03. The Morgan fingerprint density at radius 3 is 2.82 bits per heavy atom. The van der Waals surface area contributed by atoms with Crippen molar-refractivity contribution in [2.45, 2.75) is 0 Å². The molecule has 2 aromatic carbocycles. The number of nitrogens with zero attached hydrogens (tertiary/aromatic N) is 2. The van der Waals surface area contributed by atoms with Crippen LogP contribution >= 0.6 is 22.9 Å². The zero-order chi connectivity index (χ0) is 15.5. The minimum Gasteiger partial charge on any atom is -0.267 e. The number of benzene rings is 2. The molecule has 0 unspecified atom stereocenters. The molecule has 1 aromatic heterocycles. The van der Waals surface area contributed by atoms with E-state index in [4.69, 9.17) is 11.6 Å². The van der Waals surface area contributed by atoms with Crippen molar-refractivity contribution >= 4 is 44.7 Å². The second-order valence-corrected chi connectivity index (χ2v) is 6.01. The highest BCUT2D eigenvalue weighted by molar-refractivity contribution is 7.19. The van der Waals surface area contributed by atoms with Gasteiger partial charge in [0.1, 0.15) is 11.1 Å². The molecule has 0 saturated heterocycles. The van der Waals surface area contributed by atoms with Gasteiger partial charge in [0.25, 0.3) is 5.56 Å². The van der Waals surface area contributed by atoms with Crippen molar-refractivity contribution in [3.8, 4) is 6.07 Å². The topological polar surface area (TPSA) is 53.8 Å². The van der Waals surface area contributed by atoms with Gasteiger partial charge in [0.2, 0.25) is 0 Å². The summed E-state index contributed by atoms with van der Waals surface area (Å²) in [6, 6.07) is 16.5. The van der Waals surface area contributed by atoms with Gasteiger partial charge >= 0.3 is 0 Å². The molecule has 1 heterocycles. The average molecular weight is 325 g/mol. The van der Waals surface area contributed by atoms with Crippen LogP contribution in [0.25, 0.3) is 21.7 Å². The van der Waals surface area contributed by atoms with Crippen LogP contribution in [0.5, 0.6) is 0 Å². The van der Waals surface area contributed by atoms with Gasteiger partial charge in [-0.15, -0.1) is 11.3 Å². The van der Waals surface area contributed by atoms with Gasteiger partial charge in [-0.05, 0) is 35.9 Å². The minimum atomic E-state index is -0.323. The van der Waals surface area contributed by atoms with Crippen LogP contribution < -0.4 is 5.56 Å². The number of allylic oxidation sites excluding steroid dienone is 1. The van der Waals surface area contributed by atoms with Crippen LogP contribution in [-0.4, -0.2) is 4.98 Å². The molecule has 22 heavy (non-hydrogen) atoms. The lowest BCUT2D eigenvalue weighted by molar-refractivity contribution is 1.28. The predicted molar refractivity (Wildman–Crippen MR) is 90.8 cm³/mol. The van der Waals surface area contributed by atoms with Gasteiger partial charge in [-0.1, -0.05) is 35.9 Å². The lowest BCUT2D eigenvalue weighted by atomic mass is 10.1. The van der Waals surface area contributed by atoms with Gasteiger partial charge in [-0.25, -0.2) is 0 Å². The first-order valence-corrected chi connectivity index (χ1v) is 7.64. The van der Waals surface area contributed by atoms with Crippen LogP contribution in [0.15, 0.2) is 53.3 Å².